The van der Waals surface area contributed by atoms with Gasteiger partial charge in [0, 0.05) is 16.2 Å². The lowest BCUT2D eigenvalue weighted by molar-refractivity contribution is 0.370. The van der Waals surface area contributed by atoms with E-state index in [4.69, 9.17) is 4.74 Å². The molecule has 2 aromatic carbocycles. The Morgan fingerprint density at radius 2 is 1.95 bits per heavy atom. The average Bonchev–Trinajstić information content (AvgIpc) is 2.46. The molecule has 0 spiro atoms. The SMILES string of the molecule is COc1cccc(C2CC(Nc3ccc(C)c(Br)c3)C2)c1. The fourth-order valence-electron chi connectivity index (χ4n) is 2.82. The lowest BCUT2D eigenvalue weighted by Gasteiger charge is -2.37. The Kier molecular flexibility index (Phi) is 4.20. The van der Waals surface area contributed by atoms with E-state index in [0.717, 1.165) is 10.2 Å². The summed E-state index contributed by atoms with van der Waals surface area (Å²) in [6.07, 6.45) is 2.36. The summed E-state index contributed by atoms with van der Waals surface area (Å²) in [5.74, 6) is 1.60. The maximum atomic E-state index is 5.30. The van der Waals surface area contributed by atoms with E-state index < -0.39 is 0 Å². The second-order valence-electron chi connectivity index (χ2n) is 5.75. The Morgan fingerprint density at radius 3 is 2.67 bits per heavy atom. The van der Waals surface area contributed by atoms with Gasteiger partial charge >= 0.3 is 0 Å². The molecule has 1 saturated carbocycles. The molecule has 1 aliphatic carbocycles. The molecule has 0 radical (unpaired) electrons. The molecule has 1 fully saturated rings. The fourth-order valence-corrected chi connectivity index (χ4v) is 3.20. The second-order valence-corrected chi connectivity index (χ2v) is 6.60. The number of hydrogen-bond donors (Lipinski definition) is 1. The molecule has 1 aliphatic rings. The van der Waals surface area contributed by atoms with Gasteiger partial charge in [0.15, 0.2) is 0 Å². The summed E-state index contributed by atoms with van der Waals surface area (Å²) in [6, 6.07) is 15.5. The minimum Gasteiger partial charge on any atom is -0.497 e. The second kappa shape index (κ2) is 6.10. The summed E-state index contributed by atoms with van der Waals surface area (Å²) in [4.78, 5) is 0. The van der Waals surface area contributed by atoms with Crippen molar-refractivity contribution in [1.29, 1.82) is 0 Å². The van der Waals surface area contributed by atoms with Crippen molar-refractivity contribution in [1.82, 2.24) is 0 Å². The molecule has 0 atom stereocenters. The van der Waals surface area contributed by atoms with E-state index in [1.165, 1.54) is 29.7 Å². The zero-order valence-corrected chi connectivity index (χ0v) is 14.0. The normalized spacial score (nSPS) is 20.7. The third-order valence-electron chi connectivity index (χ3n) is 4.25. The van der Waals surface area contributed by atoms with Gasteiger partial charge in [-0.3, -0.25) is 0 Å². The monoisotopic (exact) mass is 345 g/mol. The van der Waals surface area contributed by atoms with Crippen LogP contribution in [0.15, 0.2) is 46.9 Å². The van der Waals surface area contributed by atoms with E-state index in [2.05, 4.69) is 64.6 Å². The lowest BCUT2D eigenvalue weighted by atomic mass is 9.76. The Hall–Kier alpha value is -1.48. The summed E-state index contributed by atoms with van der Waals surface area (Å²) in [6.45, 7) is 2.11. The number of methoxy groups -OCH3 is 1. The van der Waals surface area contributed by atoms with Crippen molar-refractivity contribution in [2.24, 2.45) is 0 Å². The number of aryl methyl sites for hydroxylation is 1. The van der Waals surface area contributed by atoms with Gasteiger partial charge in [-0.1, -0.05) is 34.1 Å². The van der Waals surface area contributed by atoms with Crippen molar-refractivity contribution in [3.05, 3.63) is 58.1 Å². The smallest absolute Gasteiger partial charge is 0.119 e. The fraction of sp³-hybridized carbons (Fsp3) is 0.333. The third-order valence-corrected chi connectivity index (χ3v) is 5.10. The largest absolute Gasteiger partial charge is 0.497 e. The van der Waals surface area contributed by atoms with Gasteiger partial charge in [-0.25, -0.2) is 0 Å². The zero-order chi connectivity index (χ0) is 14.8. The number of rotatable bonds is 4. The summed E-state index contributed by atoms with van der Waals surface area (Å²) >= 11 is 3.59. The molecule has 1 N–H and O–H groups in total. The number of halogens is 1. The first kappa shape index (κ1) is 14.5. The first-order valence-corrected chi connectivity index (χ1v) is 8.11. The van der Waals surface area contributed by atoms with E-state index in [0.29, 0.717) is 12.0 Å². The molecule has 0 aliphatic heterocycles. The van der Waals surface area contributed by atoms with Crippen molar-refractivity contribution in [2.45, 2.75) is 31.7 Å². The van der Waals surface area contributed by atoms with Crippen LogP contribution in [0.2, 0.25) is 0 Å². The van der Waals surface area contributed by atoms with Gasteiger partial charge in [-0.2, -0.15) is 0 Å². The summed E-state index contributed by atoms with van der Waals surface area (Å²) in [5, 5.41) is 3.61. The number of ether oxygens (including phenoxy) is 1. The van der Waals surface area contributed by atoms with Crippen LogP contribution in [0.5, 0.6) is 5.75 Å². The van der Waals surface area contributed by atoms with Gasteiger partial charge in [0.1, 0.15) is 5.75 Å². The van der Waals surface area contributed by atoms with Gasteiger partial charge in [0.25, 0.3) is 0 Å². The molecule has 0 amide bonds. The van der Waals surface area contributed by atoms with Gasteiger partial charge in [0.05, 0.1) is 7.11 Å². The van der Waals surface area contributed by atoms with Crippen LogP contribution < -0.4 is 10.1 Å². The number of nitrogens with one attached hydrogen (secondary N) is 1. The van der Waals surface area contributed by atoms with E-state index in [1.54, 1.807) is 7.11 Å². The highest BCUT2D eigenvalue weighted by atomic mass is 79.9. The Labute approximate surface area is 134 Å². The number of benzene rings is 2. The number of hydrogen-bond acceptors (Lipinski definition) is 2. The summed E-state index contributed by atoms with van der Waals surface area (Å²) in [5.41, 5.74) is 3.85. The van der Waals surface area contributed by atoms with Gasteiger partial charge in [0.2, 0.25) is 0 Å². The highest BCUT2D eigenvalue weighted by Crippen LogP contribution is 2.39. The third kappa shape index (κ3) is 3.24. The lowest BCUT2D eigenvalue weighted by Crippen LogP contribution is -2.33. The molecule has 0 saturated heterocycles. The van der Waals surface area contributed by atoms with Crippen LogP contribution in [0, 0.1) is 6.92 Å². The topological polar surface area (TPSA) is 21.3 Å². The number of anilines is 1. The Morgan fingerprint density at radius 1 is 1.14 bits per heavy atom. The van der Waals surface area contributed by atoms with Crippen molar-refractivity contribution in [2.75, 3.05) is 12.4 Å². The molecule has 2 aromatic rings. The van der Waals surface area contributed by atoms with Crippen LogP contribution in [0.1, 0.15) is 29.9 Å². The Balaban J connectivity index is 1.59. The minimum absolute atomic E-state index is 0.566. The van der Waals surface area contributed by atoms with Crippen LogP contribution in [0.25, 0.3) is 0 Å². The predicted octanol–water partition coefficient (Wildman–Crippen LogP) is 5.12. The average molecular weight is 346 g/mol. The molecule has 0 heterocycles. The standard InChI is InChI=1S/C18H20BrNO/c1-12-6-7-15(11-18(12)19)20-16-8-14(9-16)13-4-3-5-17(10-13)21-2/h3-7,10-11,14,16,20H,8-9H2,1-2H3. The highest BCUT2D eigenvalue weighted by molar-refractivity contribution is 9.10. The highest BCUT2D eigenvalue weighted by Gasteiger charge is 2.30. The first-order valence-electron chi connectivity index (χ1n) is 7.32. The summed E-state index contributed by atoms with van der Waals surface area (Å²) in [7, 11) is 1.72. The molecular formula is C18H20BrNO. The Bertz CT molecular complexity index is 635. The van der Waals surface area contributed by atoms with Gasteiger partial charge in [-0.15, -0.1) is 0 Å². The molecule has 21 heavy (non-hydrogen) atoms. The molecule has 110 valence electrons. The van der Waals surface area contributed by atoms with Crippen molar-refractivity contribution >= 4 is 21.6 Å². The van der Waals surface area contributed by atoms with E-state index in [-0.39, 0.29) is 0 Å². The van der Waals surface area contributed by atoms with Crippen LogP contribution in [0.4, 0.5) is 5.69 Å². The molecule has 3 rings (SSSR count). The quantitative estimate of drug-likeness (QED) is 0.829. The minimum atomic E-state index is 0.566. The maximum Gasteiger partial charge on any atom is 0.119 e. The molecular weight excluding hydrogens is 326 g/mol. The van der Waals surface area contributed by atoms with E-state index >= 15 is 0 Å². The zero-order valence-electron chi connectivity index (χ0n) is 12.4. The molecule has 2 nitrogen and oxygen atoms in total. The van der Waals surface area contributed by atoms with Crippen molar-refractivity contribution in [3.8, 4) is 5.75 Å². The van der Waals surface area contributed by atoms with Crippen molar-refractivity contribution in [3.63, 3.8) is 0 Å². The molecule has 0 aromatic heterocycles. The van der Waals surface area contributed by atoms with E-state index in [1.807, 2.05) is 6.07 Å². The first-order chi connectivity index (χ1) is 10.2. The van der Waals surface area contributed by atoms with Gasteiger partial charge in [-0.05, 0) is 61.1 Å². The van der Waals surface area contributed by atoms with Crippen molar-refractivity contribution < 1.29 is 4.74 Å². The van der Waals surface area contributed by atoms with Gasteiger partial charge < -0.3 is 10.1 Å². The summed E-state index contributed by atoms with van der Waals surface area (Å²) < 4.78 is 6.46. The molecule has 3 heteroatoms. The van der Waals surface area contributed by atoms with Crippen LogP contribution in [0.3, 0.4) is 0 Å². The maximum absolute atomic E-state index is 5.30. The molecule has 0 unspecified atom stereocenters. The van der Waals surface area contributed by atoms with Crippen LogP contribution in [-0.4, -0.2) is 13.2 Å². The predicted molar refractivity (Wildman–Crippen MR) is 91.3 cm³/mol. The van der Waals surface area contributed by atoms with Crippen LogP contribution in [-0.2, 0) is 0 Å². The molecule has 0 bridgehead atoms. The van der Waals surface area contributed by atoms with Crippen LogP contribution >= 0.6 is 15.9 Å². The van der Waals surface area contributed by atoms with E-state index in [9.17, 15) is 0 Å².